The Bertz CT molecular complexity index is 806. The first kappa shape index (κ1) is 16.9. The molecule has 1 saturated heterocycles. The highest BCUT2D eigenvalue weighted by Gasteiger charge is 2.28. The Kier molecular flexibility index (Phi) is 4.80. The Balaban J connectivity index is 1.45. The van der Waals surface area contributed by atoms with Crippen molar-refractivity contribution >= 4 is 11.6 Å². The van der Waals surface area contributed by atoms with E-state index in [1.165, 1.54) is 5.56 Å². The number of amides is 1. The highest BCUT2D eigenvalue weighted by atomic mass is 16.6. The predicted molar refractivity (Wildman–Crippen MR) is 101 cm³/mol. The van der Waals surface area contributed by atoms with E-state index in [0.717, 1.165) is 42.1 Å². The Labute approximate surface area is 153 Å². The third kappa shape index (κ3) is 3.53. The van der Waals surface area contributed by atoms with Crippen LogP contribution in [0.5, 0.6) is 11.5 Å². The van der Waals surface area contributed by atoms with Crippen molar-refractivity contribution in [1.82, 2.24) is 4.90 Å². The molecule has 5 heteroatoms. The molecule has 1 amide bonds. The molecule has 0 aliphatic carbocycles. The summed E-state index contributed by atoms with van der Waals surface area (Å²) in [6.45, 7) is 4.52. The summed E-state index contributed by atoms with van der Waals surface area (Å²) in [7, 11) is 0. The van der Waals surface area contributed by atoms with Crippen molar-refractivity contribution < 1.29 is 14.3 Å². The summed E-state index contributed by atoms with van der Waals surface area (Å²) < 4.78 is 11.3. The van der Waals surface area contributed by atoms with Crippen molar-refractivity contribution in [3.63, 3.8) is 0 Å². The van der Waals surface area contributed by atoms with Crippen LogP contribution in [-0.2, 0) is 4.79 Å². The van der Waals surface area contributed by atoms with Gasteiger partial charge in [-0.2, -0.15) is 0 Å². The molecule has 136 valence electrons. The minimum Gasteiger partial charge on any atom is -0.486 e. The van der Waals surface area contributed by atoms with Gasteiger partial charge in [-0.25, -0.2) is 0 Å². The molecule has 2 aromatic rings. The van der Waals surface area contributed by atoms with E-state index in [-0.39, 0.29) is 11.9 Å². The molecule has 4 rings (SSSR count). The number of nitrogens with zero attached hydrogens (tertiary/aromatic N) is 1. The van der Waals surface area contributed by atoms with Gasteiger partial charge in [-0.1, -0.05) is 24.3 Å². The van der Waals surface area contributed by atoms with Crippen molar-refractivity contribution in [1.29, 1.82) is 0 Å². The molecule has 2 aliphatic rings. The van der Waals surface area contributed by atoms with Gasteiger partial charge < -0.3 is 14.8 Å². The topological polar surface area (TPSA) is 50.8 Å². The number of hydrogen-bond acceptors (Lipinski definition) is 4. The zero-order valence-electron chi connectivity index (χ0n) is 15.0. The molecule has 1 atom stereocenters. The first-order chi connectivity index (χ1) is 12.7. The number of likely N-dealkylation sites (tertiary alicyclic amines) is 1. The summed E-state index contributed by atoms with van der Waals surface area (Å²) >= 11 is 0. The van der Waals surface area contributed by atoms with Crippen molar-refractivity contribution in [3.05, 3.63) is 53.6 Å². The van der Waals surface area contributed by atoms with E-state index in [1.54, 1.807) is 0 Å². The lowest BCUT2D eigenvalue weighted by Gasteiger charge is -2.26. The molecule has 1 unspecified atom stereocenters. The van der Waals surface area contributed by atoms with E-state index >= 15 is 0 Å². The lowest BCUT2D eigenvalue weighted by atomic mass is 10.0. The van der Waals surface area contributed by atoms with Crippen molar-refractivity contribution in [3.8, 4) is 11.5 Å². The summed E-state index contributed by atoms with van der Waals surface area (Å²) in [6.07, 6.45) is 2.15. The normalized spacial score (nSPS) is 19.3. The molecule has 1 N–H and O–H groups in total. The molecular formula is C21H24N2O3. The van der Waals surface area contributed by atoms with E-state index in [2.05, 4.69) is 22.3 Å². The SMILES string of the molecule is Cc1ccccc1NC(=O)CN1CCCC1c1ccc2c(c1)OCCO2. The smallest absolute Gasteiger partial charge is 0.238 e. The van der Waals surface area contributed by atoms with Crippen LogP contribution in [0.15, 0.2) is 42.5 Å². The van der Waals surface area contributed by atoms with Crippen LogP contribution < -0.4 is 14.8 Å². The minimum atomic E-state index is 0.0312. The zero-order valence-corrected chi connectivity index (χ0v) is 15.0. The number of ether oxygens (including phenoxy) is 2. The highest BCUT2D eigenvalue weighted by molar-refractivity contribution is 5.93. The molecule has 26 heavy (non-hydrogen) atoms. The fourth-order valence-electron chi connectivity index (χ4n) is 3.75. The fourth-order valence-corrected chi connectivity index (χ4v) is 3.75. The molecule has 1 fully saturated rings. The number of fused-ring (bicyclic) bond motifs is 1. The Morgan fingerprint density at radius 3 is 2.81 bits per heavy atom. The van der Waals surface area contributed by atoms with Crippen LogP contribution >= 0.6 is 0 Å². The summed E-state index contributed by atoms with van der Waals surface area (Å²) in [5.74, 6) is 1.65. The first-order valence-corrected chi connectivity index (χ1v) is 9.20. The van der Waals surface area contributed by atoms with E-state index in [9.17, 15) is 4.79 Å². The number of carbonyl (C=O) groups excluding carboxylic acids is 1. The number of nitrogens with one attached hydrogen (secondary N) is 1. The molecule has 2 aromatic carbocycles. The lowest BCUT2D eigenvalue weighted by Crippen LogP contribution is -2.33. The van der Waals surface area contributed by atoms with Gasteiger partial charge in [0.1, 0.15) is 13.2 Å². The molecule has 5 nitrogen and oxygen atoms in total. The van der Waals surface area contributed by atoms with Gasteiger partial charge in [0, 0.05) is 11.7 Å². The van der Waals surface area contributed by atoms with Crippen LogP contribution in [0.2, 0.25) is 0 Å². The van der Waals surface area contributed by atoms with Crippen molar-refractivity contribution in [2.75, 3.05) is 31.6 Å². The molecule has 0 aromatic heterocycles. The second-order valence-corrected chi connectivity index (χ2v) is 6.89. The van der Waals surface area contributed by atoms with E-state index in [4.69, 9.17) is 9.47 Å². The largest absolute Gasteiger partial charge is 0.486 e. The number of rotatable bonds is 4. The van der Waals surface area contributed by atoms with Crippen LogP contribution in [-0.4, -0.2) is 37.1 Å². The van der Waals surface area contributed by atoms with Crippen LogP contribution in [0.3, 0.4) is 0 Å². The molecule has 0 spiro atoms. The van der Waals surface area contributed by atoms with Crippen LogP contribution in [0.1, 0.15) is 30.0 Å². The van der Waals surface area contributed by atoms with Gasteiger partial charge >= 0.3 is 0 Å². The average Bonchev–Trinajstić information content (AvgIpc) is 3.11. The minimum absolute atomic E-state index is 0.0312. The van der Waals surface area contributed by atoms with Crippen molar-refractivity contribution in [2.45, 2.75) is 25.8 Å². The van der Waals surface area contributed by atoms with Crippen LogP contribution in [0.4, 0.5) is 5.69 Å². The predicted octanol–water partition coefficient (Wildman–Crippen LogP) is 3.54. The molecule has 2 heterocycles. The standard InChI is InChI=1S/C21H24N2O3/c1-15-5-2-3-6-17(15)22-21(24)14-23-10-4-7-18(23)16-8-9-19-20(13-16)26-12-11-25-19/h2-3,5-6,8-9,13,18H,4,7,10-12,14H2,1H3,(H,22,24). The van der Waals surface area contributed by atoms with Gasteiger partial charge in [0.15, 0.2) is 11.5 Å². The molecule has 0 saturated carbocycles. The molecule has 0 radical (unpaired) electrons. The quantitative estimate of drug-likeness (QED) is 0.914. The number of benzene rings is 2. The maximum absolute atomic E-state index is 12.5. The summed E-state index contributed by atoms with van der Waals surface area (Å²) in [5.41, 5.74) is 3.15. The van der Waals surface area contributed by atoms with Gasteiger partial charge in [0.2, 0.25) is 5.91 Å². The van der Waals surface area contributed by atoms with Gasteiger partial charge in [0.05, 0.1) is 6.54 Å². The summed E-state index contributed by atoms with van der Waals surface area (Å²) in [4.78, 5) is 14.8. The van der Waals surface area contributed by atoms with Gasteiger partial charge in [-0.15, -0.1) is 0 Å². The molecule has 0 bridgehead atoms. The zero-order chi connectivity index (χ0) is 17.9. The monoisotopic (exact) mass is 352 g/mol. The molecular weight excluding hydrogens is 328 g/mol. The van der Waals surface area contributed by atoms with Crippen LogP contribution in [0, 0.1) is 6.92 Å². The number of para-hydroxylation sites is 1. The molecule has 2 aliphatic heterocycles. The maximum Gasteiger partial charge on any atom is 0.238 e. The summed E-state index contributed by atoms with van der Waals surface area (Å²) in [5, 5.41) is 3.03. The first-order valence-electron chi connectivity index (χ1n) is 9.20. The third-order valence-electron chi connectivity index (χ3n) is 5.08. The Morgan fingerprint density at radius 2 is 1.96 bits per heavy atom. The number of carbonyl (C=O) groups is 1. The van der Waals surface area contributed by atoms with Gasteiger partial charge in [0.25, 0.3) is 0 Å². The number of anilines is 1. The van der Waals surface area contributed by atoms with Crippen LogP contribution in [0.25, 0.3) is 0 Å². The average molecular weight is 352 g/mol. The fraction of sp³-hybridized carbons (Fsp3) is 0.381. The second kappa shape index (κ2) is 7.38. The number of aryl methyl sites for hydroxylation is 1. The summed E-state index contributed by atoms with van der Waals surface area (Å²) in [6, 6.07) is 14.2. The Morgan fingerprint density at radius 1 is 1.15 bits per heavy atom. The Hall–Kier alpha value is -2.53. The van der Waals surface area contributed by atoms with E-state index < -0.39 is 0 Å². The van der Waals surface area contributed by atoms with E-state index in [0.29, 0.717) is 19.8 Å². The van der Waals surface area contributed by atoms with Crippen molar-refractivity contribution in [2.24, 2.45) is 0 Å². The number of hydrogen-bond donors (Lipinski definition) is 1. The second-order valence-electron chi connectivity index (χ2n) is 6.89. The van der Waals surface area contributed by atoms with E-state index in [1.807, 2.05) is 37.3 Å². The highest BCUT2D eigenvalue weighted by Crippen LogP contribution is 2.37. The maximum atomic E-state index is 12.5. The van der Waals surface area contributed by atoms with Gasteiger partial charge in [-0.3, -0.25) is 9.69 Å². The lowest BCUT2D eigenvalue weighted by molar-refractivity contribution is -0.117. The van der Waals surface area contributed by atoms with Gasteiger partial charge in [-0.05, 0) is 55.6 Å². The third-order valence-corrected chi connectivity index (χ3v) is 5.08.